The van der Waals surface area contributed by atoms with Gasteiger partial charge in [-0.25, -0.2) is 9.18 Å². The highest BCUT2D eigenvalue weighted by Gasteiger charge is 2.09. The first kappa shape index (κ1) is 15.3. The lowest BCUT2D eigenvalue weighted by Crippen LogP contribution is -2.10. The molecule has 0 unspecified atom stereocenters. The van der Waals surface area contributed by atoms with E-state index in [0.717, 1.165) is 27.5 Å². The monoisotopic (exact) mass is 349 g/mol. The van der Waals surface area contributed by atoms with Gasteiger partial charge >= 0.3 is 5.97 Å². The van der Waals surface area contributed by atoms with E-state index in [2.05, 4.69) is 15.9 Å². The molecule has 0 saturated carbocycles. The number of benzene rings is 2. The van der Waals surface area contributed by atoms with Crippen LogP contribution in [0, 0.1) is 5.82 Å². The van der Waals surface area contributed by atoms with Gasteiger partial charge in [0.25, 0.3) is 0 Å². The number of carbonyl (C=O) groups is 1. The molecule has 5 heteroatoms. The maximum absolute atomic E-state index is 13.0. The van der Waals surface area contributed by atoms with Crippen molar-refractivity contribution in [3.05, 3.63) is 64.4 Å². The number of halogens is 2. The largest absolute Gasteiger partial charge is 0.478 e. The fourth-order valence-corrected chi connectivity index (χ4v) is 2.31. The van der Waals surface area contributed by atoms with Crippen molar-refractivity contribution in [2.75, 3.05) is 11.9 Å². The molecule has 0 saturated heterocycles. The third-order valence-corrected chi connectivity index (χ3v) is 3.46. The number of carboxylic acid groups (broad SMARTS) is 1. The van der Waals surface area contributed by atoms with Gasteiger partial charge < -0.3 is 10.0 Å². The van der Waals surface area contributed by atoms with Crippen molar-refractivity contribution < 1.29 is 14.3 Å². The van der Waals surface area contributed by atoms with Crippen molar-refractivity contribution in [1.82, 2.24) is 0 Å². The summed E-state index contributed by atoms with van der Waals surface area (Å²) in [6.45, 7) is 0. The molecule has 0 fully saturated rings. The highest BCUT2D eigenvalue weighted by Crippen LogP contribution is 2.30. The van der Waals surface area contributed by atoms with Gasteiger partial charge in [0.2, 0.25) is 0 Å². The van der Waals surface area contributed by atoms with E-state index < -0.39 is 5.97 Å². The molecule has 2 rings (SSSR count). The second-order valence-electron chi connectivity index (χ2n) is 4.41. The first-order valence-corrected chi connectivity index (χ1v) is 6.96. The Hall–Kier alpha value is -2.14. The van der Waals surface area contributed by atoms with Gasteiger partial charge in [0.05, 0.1) is 0 Å². The van der Waals surface area contributed by atoms with Crippen molar-refractivity contribution >= 4 is 39.4 Å². The normalized spacial score (nSPS) is 10.8. The van der Waals surface area contributed by atoms with Gasteiger partial charge in [-0.05, 0) is 54.1 Å². The highest BCUT2D eigenvalue weighted by atomic mass is 79.9. The van der Waals surface area contributed by atoms with Crippen LogP contribution in [0.2, 0.25) is 0 Å². The average molecular weight is 350 g/mol. The molecule has 0 aliphatic rings. The van der Waals surface area contributed by atoms with Crippen LogP contribution < -0.4 is 4.90 Å². The number of rotatable bonds is 4. The van der Waals surface area contributed by atoms with Crippen LogP contribution in [0.15, 0.2) is 53.0 Å². The second-order valence-corrected chi connectivity index (χ2v) is 5.33. The fourth-order valence-electron chi connectivity index (χ4n) is 1.93. The van der Waals surface area contributed by atoms with E-state index in [1.165, 1.54) is 18.2 Å². The van der Waals surface area contributed by atoms with Gasteiger partial charge in [-0.15, -0.1) is 0 Å². The zero-order valence-corrected chi connectivity index (χ0v) is 12.8. The third kappa shape index (κ3) is 3.92. The van der Waals surface area contributed by atoms with Crippen molar-refractivity contribution in [3.63, 3.8) is 0 Å². The van der Waals surface area contributed by atoms with E-state index in [4.69, 9.17) is 5.11 Å². The Morgan fingerprint density at radius 3 is 2.52 bits per heavy atom. The predicted molar refractivity (Wildman–Crippen MR) is 85.3 cm³/mol. The summed E-state index contributed by atoms with van der Waals surface area (Å²) in [5, 5.41) is 8.77. The van der Waals surface area contributed by atoms with Crippen molar-refractivity contribution in [3.8, 4) is 0 Å². The van der Waals surface area contributed by atoms with Crippen molar-refractivity contribution in [1.29, 1.82) is 0 Å². The lowest BCUT2D eigenvalue weighted by atomic mass is 10.1. The minimum Gasteiger partial charge on any atom is -0.478 e. The second kappa shape index (κ2) is 6.54. The fraction of sp³-hybridized carbons (Fsp3) is 0.0625. The van der Waals surface area contributed by atoms with Crippen LogP contribution in [0.4, 0.5) is 15.8 Å². The van der Waals surface area contributed by atoms with Crippen LogP contribution in [-0.4, -0.2) is 18.1 Å². The van der Waals surface area contributed by atoms with Gasteiger partial charge in [-0.1, -0.05) is 15.9 Å². The Morgan fingerprint density at radius 1 is 1.24 bits per heavy atom. The number of carboxylic acids is 1. The lowest BCUT2D eigenvalue weighted by Gasteiger charge is -2.22. The van der Waals surface area contributed by atoms with E-state index in [-0.39, 0.29) is 5.82 Å². The molecule has 0 bridgehead atoms. The van der Waals surface area contributed by atoms with Gasteiger partial charge in [-0.3, -0.25) is 0 Å². The van der Waals surface area contributed by atoms with Crippen LogP contribution in [0.5, 0.6) is 0 Å². The molecule has 0 heterocycles. The Labute approximate surface area is 130 Å². The molecular formula is C16H13BrFNO2. The zero-order valence-electron chi connectivity index (χ0n) is 11.3. The molecule has 2 aromatic rings. The molecule has 3 nitrogen and oxygen atoms in total. The maximum atomic E-state index is 13.0. The zero-order chi connectivity index (χ0) is 15.4. The SMILES string of the molecule is CN(c1ccc(F)cc1)c1ccc(Br)cc1/C=C/C(=O)O. The standard InChI is InChI=1S/C16H13BrFNO2/c1-19(14-6-4-13(18)5-7-14)15-8-3-12(17)10-11(15)2-9-16(20)21/h2-10H,1H3,(H,20,21)/b9-2+. The third-order valence-electron chi connectivity index (χ3n) is 2.97. The highest BCUT2D eigenvalue weighted by molar-refractivity contribution is 9.10. The van der Waals surface area contributed by atoms with Crippen molar-refractivity contribution in [2.45, 2.75) is 0 Å². The Bertz CT molecular complexity index is 683. The van der Waals surface area contributed by atoms with E-state index >= 15 is 0 Å². The Balaban J connectivity index is 2.42. The van der Waals surface area contributed by atoms with Crippen LogP contribution in [0.3, 0.4) is 0 Å². The summed E-state index contributed by atoms with van der Waals surface area (Å²) in [6, 6.07) is 11.7. The molecule has 0 spiro atoms. The van der Waals surface area contributed by atoms with Gasteiger partial charge in [-0.2, -0.15) is 0 Å². The molecular weight excluding hydrogens is 337 g/mol. The molecule has 1 N–H and O–H groups in total. The summed E-state index contributed by atoms with van der Waals surface area (Å²) in [5.74, 6) is -1.31. The molecule has 0 aromatic heterocycles. The summed E-state index contributed by atoms with van der Waals surface area (Å²) in [4.78, 5) is 12.6. The number of hydrogen-bond acceptors (Lipinski definition) is 2. The maximum Gasteiger partial charge on any atom is 0.328 e. The van der Waals surface area contributed by atoms with Crippen LogP contribution >= 0.6 is 15.9 Å². The number of aliphatic carboxylic acids is 1. The molecule has 108 valence electrons. The van der Waals surface area contributed by atoms with E-state index in [0.29, 0.717) is 0 Å². The van der Waals surface area contributed by atoms with Gasteiger partial charge in [0.15, 0.2) is 0 Å². The first-order chi connectivity index (χ1) is 9.97. The van der Waals surface area contributed by atoms with Crippen LogP contribution in [0.1, 0.15) is 5.56 Å². The van der Waals surface area contributed by atoms with E-state index in [1.807, 2.05) is 30.1 Å². The van der Waals surface area contributed by atoms with Crippen molar-refractivity contribution in [2.24, 2.45) is 0 Å². The van der Waals surface area contributed by atoms with E-state index in [9.17, 15) is 9.18 Å². The Kier molecular flexibility index (Phi) is 4.75. The summed E-state index contributed by atoms with van der Waals surface area (Å²) < 4.78 is 13.8. The number of anilines is 2. The minimum atomic E-state index is -1.01. The smallest absolute Gasteiger partial charge is 0.328 e. The molecule has 0 atom stereocenters. The molecule has 0 amide bonds. The summed E-state index contributed by atoms with van der Waals surface area (Å²) in [5.41, 5.74) is 2.38. The predicted octanol–water partition coefficient (Wildman–Crippen LogP) is 4.45. The molecule has 21 heavy (non-hydrogen) atoms. The van der Waals surface area contributed by atoms with E-state index in [1.54, 1.807) is 12.1 Å². The van der Waals surface area contributed by atoms with Gasteiger partial charge in [0.1, 0.15) is 5.82 Å². The summed E-state index contributed by atoms with van der Waals surface area (Å²) in [7, 11) is 1.84. The minimum absolute atomic E-state index is 0.297. The lowest BCUT2D eigenvalue weighted by molar-refractivity contribution is -0.131. The molecule has 0 aliphatic carbocycles. The topological polar surface area (TPSA) is 40.5 Å². The summed E-state index contributed by atoms with van der Waals surface area (Å²) >= 11 is 3.37. The molecule has 0 aliphatic heterocycles. The average Bonchev–Trinajstić information content (AvgIpc) is 2.45. The molecule has 0 radical (unpaired) electrons. The van der Waals surface area contributed by atoms with Crippen LogP contribution in [0.25, 0.3) is 6.08 Å². The number of nitrogens with zero attached hydrogens (tertiary/aromatic N) is 1. The summed E-state index contributed by atoms with van der Waals surface area (Å²) in [6.07, 6.45) is 2.62. The molecule has 2 aromatic carbocycles. The Morgan fingerprint density at radius 2 is 1.90 bits per heavy atom. The van der Waals surface area contributed by atoms with Gasteiger partial charge in [0, 0.05) is 29.0 Å². The quantitative estimate of drug-likeness (QED) is 0.828. The van der Waals surface area contributed by atoms with Crippen LogP contribution in [-0.2, 0) is 4.79 Å². The number of hydrogen-bond donors (Lipinski definition) is 1. The first-order valence-electron chi connectivity index (χ1n) is 6.17.